The second-order valence-corrected chi connectivity index (χ2v) is 9.94. The molecule has 1 N–H and O–H groups in total. The largest absolute Gasteiger partial charge is 0.417 e. The molecule has 4 rings (SSSR count). The fourth-order valence-electron chi connectivity index (χ4n) is 5.10. The zero-order valence-corrected chi connectivity index (χ0v) is 21.2. The summed E-state index contributed by atoms with van der Waals surface area (Å²) in [6.07, 6.45) is -1.70. The maximum Gasteiger partial charge on any atom is 0.417 e. The van der Waals surface area contributed by atoms with Gasteiger partial charge in [0.25, 0.3) is 0 Å². The second-order valence-electron chi connectivity index (χ2n) is 9.94. The minimum atomic E-state index is -4.58. The standard InChI is InChI=1S/C28H34F3N5O.CH4/c1-21-3-7-25(8-4-21)35-13-2-12-34(17-18-35)14-11-27(37)36-15-9-23(10-16-36)33-24-6-5-22(20-32)26(19-24)28(29,30)31;/h3-8,19,23,33H,2,9-18H2,1H3;1H4. The predicted octanol–water partition coefficient (Wildman–Crippen LogP) is 5.53. The van der Waals surface area contributed by atoms with Crippen LogP contribution in [0.3, 0.4) is 0 Å². The van der Waals surface area contributed by atoms with E-state index in [1.165, 1.54) is 23.4 Å². The van der Waals surface area contributed by atoms with Gasteiger partial charge in [0.05, 0.1) is 17.2 Å². The Morgan fingerprint density at radius 3 is 2.39 bits per heavy atom. The molecule has 0 aromatic heterocycles. The number of likely N-dealkylation sites (tertiary alicyclic amines) is 1. The van der Waals surface area contributed by atoms with Crippen LogP contribution in [-0.4, -0.2) is 67.6 Å². The van der Waals surface area contributed by atoms with Crippen LogP contribution in [0, 0.1) is 18.3 Å². The maximum absolute atomic E-state index is 13.2. The van der Waals surface area contributed by atoms with Gasteiger partial charge in [-0.05, 0) is 63.1 Å². The minimum absolute atomic E-state index is 0. The average molecular weight is 530 g/mol. The number of carbonyl (C=O) groups is 1. The number of amides is 1. The van der Waals surface area contributed by atoms with Gasteiger partial charge in [-0.25, -0.2) is 0 Å². The second kappa shape index (κ2) is 13.0. The molecule has 2 heterocycles. The minimum Gasteiger partial charge on any atom is -0.382 e. The lowest BCUT2D eigenvalue weighted by Crippen LogP contribution is -2.43. The third-order valence-electron chi connectivity index (χ3n) is 7.29. The number of carbonyl (C=O) groups excluding carboxylic acids is 1. The third-order valence-corrected chi connectivity index (χ3v) is 7.29. The lowest BCUT2D eigenvalue weighted by Gasteiger charge is -2.33. The van der Waals surface area contributed by atoms with Crippen LogP contribution in [0.1, 0.15) is 49.8 Å². The Balaban J connectivity index is 0.00000400. The van der Waals surface area contributed by atoms with Gasteiger partial charge < -0.3 is 20.0 Å². The number of nitrogens with one attached hydrogen (secondary N) is 1. The number of hydrogen-bond donors (Lipinski definition) is 1. The molecule has 0 bridgehead atoms. The van der Waals surface area contributed by atoms with Crippen LogP contribution in [0.25, 0.3) is 0 Å². The van der Waals surface area contributed by atoms with Crippen molar-refractivity contribution in [3.05, 3.63) is 59.2 Å². The number of alkyl halides is 3. The van der Waals surface area contributed by atoms with E-state index >= 15 is 0 Å². The van der Waals surface area contributed by atoms with E-state index in [1.807, 2.05) is 4.90 Å². The van der Waals surface area contributed by atoms with Crippen molar-refractivity contribution in [2.45, 2.75) is 52.3 Å². The Labute approximate surface area is 224 Å². The number of aryl methyl sites for hydroxylation is 1. The molecule has 9 heteroatoms. The van der Waals surface area contributed by atoms with Gasteiger partial charge >= 0.3 is 6.18 Å². The van der Waals surface area contributed by atoms with Gasteiger partial charge in [0, 0.05) is 63.1 Å². The van der Waals surface area contributed by atoms with Gasteiger partial charge in [-0.2, -0.15) is 18.4 Å². The van der Waals surface area contributed by atoms with Crippen molar-refractivity contribution in [2.24, 2.45) is 0 Å². The molecule has 0 aliphatic carbocycles. The van der Waals surface area contributed by atoms with Crippen molar-refractivity contribution in [1.82, 2.24) is 9.80 Å². The number of piperidine rings is 1. The molecule has 0 atom stereocenters. The van der Waals surface area contributed by atoms with Crippen LogP contribution in [0.4, 0.5) is 24.5 Å². The SMILES string of the molecule is C.Cc1ccc(N2CCCN(CCC(=O)N3CCC(Nc4ccc(C#N)c(C(F)(F)F)c4)CC3)CC2)cc1. The Bertz CT molecular complexity index is 1100. The van der Waals surface area contributed by atoms with Gasteiger partial charge in [-0.15, -0.1) is 0 Å². The zero-order valence-electron chi connectivity index (χ0n) is 21.2. The van der Waals surface area contributed by atoms with Gasteiger partial charge in [-0.1, -0.05) is 25.1 Å². The van der Waals surface area contributed by atoms with Crippen molar-refractivity contribution in [2.75, 3.05) is 56.0 Å². The molecule has 0 spiro atoms. The molecule has 206 valence electrons. The number of nitriles is 1. The first-order valence-electron chi connectivity index (χ1n) is 12.9. The summed E-state index contributed by atoms with van der Waals surface area (Å²) in [4.78, 5) is 19.5. The molecule has 2 aliphatic rings. The first-order chi connectivity index (χ1) is 17.7. The van der Waals surface area contributed by atoms with Crippen molar-refractivity contribution in [3.63, 3.8) is 0 Å². The number of anilines is 2. The van der Waals surface area contributed by atoms with E-state index in [4.69, 9.17) is 5.26 Å². The van der Waals surface area contributed by atoms with Crippen LogP contribution < -0.4 is 10.2 Å². The highest BCUT2D eigenvalue weighted by atomic mass is 19.4. The molecule has 38 heavy (non-hydrogen) atoms. The molecular formula is C29H38F3N5O. The van der Waals surface area contributed by atoms with Crippen LogP contribution >= 0.6 is 0 Å². The van der Waals surface area contributed by atoms with E-state index in [-0.39, 0.29) is 24.9 Å². The average Bonchev–Trinajstić information content (AvgIpc) is 3.13. The molecule has 0 radical (unpaired) electrons. The summed E-state index contributed by atoms with van der Waals surface area (Å²) in [5.41, 5.74) is 1.53. The summed E-state index contributed by atoms with van der Waals surface area (Å²) in [5.74, 6) is 0.135. The normalized spacial score (nSPS) is 17.3. The monoisotopic (exact) mass is 529 g/mol. The summed E-state index contributed by atoms with van der Waals surface area (Å²) in [7, 11) is 0. The highest BCUT2D eigenvalue weighted by Gasteiger charge is 2.34. The first-order valence-corrected chi connectivity index (χ1v) is 12.9. The van der Waals surface area contributed by atoms with E-state index in [2.05, 4.69) is 46.3 Å². The lowest BCUT2D eigenvalue weighted by molar-refractivity contribution is -0.137. The highest BCUT2D eigenvalue weighted by molar-refractivity contribution is 5.76. The first kappa shape index (κ1) is 29.3. The van der Waals surface area contributed by atoms with Gasteiger partial charge in [0.15, 0.2) is 0 Å². The van der Waals surface area contributed by atoms with E-state index < -0.39 is 11.7 Å². The van der Waals surface area contributed by atoms with Crippen LogP contribution in [0.2, 0.25) is 0 Å². The topological polar surface area (TPSA) is 62.6 Å². The van der Waals surface area contributed by atoms with Crippen LogP contribution in [-0.2, 0) is 11.0 Å². The summed E-state index contributed by atoms with van der Waals surface area (Å²) in [6, 6.07) is 13.9. The number of nitrogens with zero attached hydrogens (tertiary/aromatic N) is 4. The van der Waals surface area contributed by atoms with E-state index in [1.54, 1.807) is 6.07 Å². The maximum atomic E-state index is 13.2. The van der Waals surface area contributed by atoms with E-state index in [0.29, 0.717) is 38.0 Å². The smallest absolute Gasteiger partial charge is 0.382 e. The zero-order chi connectivity index (χ0) is 26.4. The molecule has 0 saturated carbocycles. The summed E-state index contributed by atoms with van der Waals surface area (Å²) in [5, 5.41) is 12.1. The van der Waals surface area contributed by atoms with E-state index in [9.17, 15) is 18.0 Å². The van der Waals surface area contributed by atoms with Crippen molar-refractivity contribution in [1.29, 1.82) is 5.26 Å². The van der Waals surface area contributed by atoms with Crippen LogP contribution in [0.5, 0.6) is 0 Å². The molecule has 2 aliphatic heterocycles. The molecule has 2 aromatic rings. The highest BCUT2D eigenvalue weighted by Crippen LogP contribution is 2.34. The molecule has 2 saturated heterocycles. The number of benzene rings is 2. The number of halogens is 3. The lowest BCUT2D eigenvalue weighted by atomic mass is 10.0. The summed E-state index contributed by atoms with van der Waals surface area (Å²) >= 11 is 0. The molecule has 1 amide bonds. The third kappa shape index (κ3) is 7.64. The van der Waals surface area contributed by atoms with Gasteiger partial charge in [-0.3, -0.25) is 4.79 Å². The van der Waals surface area contributed by atoms with Crippen molar-refractivity contribution in [3.8, 4) is 6.07 Å². The molecule has 6 nitrogen and oxygen atoms in total. The van der Waals surface area contributed by atoms with Gasteiger partial charge in [0.2, 0.25) is 5.91 Å². The van der Waals surface area contributed by atoms with Crippen molar-refractivity contribution < 1.29 is 18.0 Å². The Kier molecular flexibility index (Phi) is 10.0. The Hall–Kier alpha value is -3.25. The summed E-state index contributed by atoms with van der Waals surface area (Å²) < 4.78 is 39.7. The molecule has 2 fully saturated rings. The number of rotatable bonds is 6. The Morgan fingerprint density at radius 1 is 1.03 bits per heavy atom. The van der Waals surface area contributed by atoms with Gasteiger partial charge in [0.1, 0.15) is 0 Å². The predicted molar refractivity (Wildman–Crippen MR) is 145 cm³/mol. The Morgan fingerprint density at radius 2 is 1.74 bits per heavy atom. The molecular weight excluding hydrogens is 491 g/mol. The summed E-state index contributed by atoms with van der Waals surface area (Å²) in [6.45, 7) is 7.86. The molecule has 2 aromatic carbocycles. The quantitative estimate of drug-likeness (QED) is 0.534. The van der Waals surface area contributed by atoms with E-state index in [0.717, 1.165) is 45.2 Å². The number of hydrogen-bond acceptors (Lipinski definition) is 5. The fraction of sp³-hybridized carbons (Fsp3) is 0.517. The van der Waals surface area contributed by atoms with Crippen molar-refractivity contribution >= 4 is 17.3 Å². The fourth-order valence-corrected chi connectivity index (χ4v) is 5.10. The van der Waals surface area contributed by atoms with Crippen LogP contribution in [0.15, 0.2) is 42.5 Å². The molecule has 0 unspecified atom stereocenters.